The normalized spacial score (nSPS) is 10.5. The van der Waals surface area contributed by atoms with Crippen LogP contribution in [0.1, 0.15) is 11.1 Å². The van der Waals surface area contributed by atoms with Gasteiger partial charge in [-0.25, -0.2) is 4.79 Å². The van der Waals surface area contributed by atoms with Crippen LogP contribution < -0.4 is 5.32 Å². The summed E-state index contributed by atoms with van der Waals surface area (Å²) in [5.41, 5.74) is 2.64. The van der Waals surface area contributed by atoms with Gasteiger partial charge < -0.3 is 10.1 Å². The van der Waals surface area contributed by atoms with Gasteiger partial charge in [-0.05, 0) is 36.8 Å². The third kappa shape index (κ3) is 6.08. The number of amides is 1. The highest BCUT2D eigenvalue weighted by atomic mass is 79.9. The van der Waals surface area contributed by atoms with Crippen LogP contribution in [0.15, 0.2) is 59.1 Å². The van der Waals surface area contributed by atoms with E-state index >= 15 is 0 Å². The smallest absolute Gasteiger partial charge is 0.331 e. The summed E-state index contributed by atoms with van der Waals surface area (Å²) < 4.78 is 5.76. The van der Waals surface area contributed by atoms with Crippen molar-refractivity contribution in [1.82, 2.24) is 0 Å². The van der Waals surface area contributed by atoms with Crippen LogP contribution in [0, 0.1) is 6.92 Å². The average Bonchev–Trinajstić information content (AvgIpc) is 2.51. The number of anilines is 1. The second-order valence-electron chi connectivity index (χ2n) is 4.91. The van der Waals surface area contributed by atoms with E-state index < -0.39 is 5.97 Å². The Hall–Kier alpha value is -2.40. The Balaban J connectivity index is 1.81. The molecule has 0 aromatic heterocycles. The van der Waals surface area contributed by atoms with Gasteiger partial charge in [-0.2, -0.15) is 0 Å². The molecule has 1 amide bonds. The molecule has 0 heterocycles. The van der Waals surface area contributed by atoms with Crippen molar-refractivity contribution >= 4 is 39.6 Å². The highest BCUT2D eigenvalue weighted by molar-refractivity contribution is 9.10. The van der Waals surface area contributed by atoms with Crippen molar-refractivity contribution in [3.63, 3.8) is 0 Å². The number of halogens is 1. The molecule has 0 bridgehead atoms. The quantitative estimate of drug-likeness (QED) is 0.637. The van der Waals surface area contributed by atoms with Crippen LogP contribution >= 0.6 is 15.9 Å². The van der Waals surface area contributed by atoms with E-state index in [0.717, 1.165) is 15.6 Å². The summed E-state index contributed by atoms with van der Waals surface area (Å²) in [7, 11) is 0. The lowest BCUT2D eigenvalue weighted by atomic mass is 10.1. The van der Waals surface area contributed by atoms with Gasteiger partial charge in [0.15, 0.2) is 6.61 Å². The maximum atomic E-state index is 11.7. The minimum absolute atomic E-state index is 0.330. The molecule has 118 valence electrons. The molecule has 0 unspecified atom stereocenters. The van der Waals surface area contributed by atoms with Crippen molar-refractivity contribution in [2.45, 2.75) is 6.92 Å². The summed E-state index contributed by atoms with van der Waals surface area (Å²) in [6.45, 7) is 1.64. The second kappa shape index (κ2) is 8.29. The first-order valence-corrected chi connectivity index (χ1v) is 7.79. The number of carbonyl (C=O) groups is 2. The van der Waals surface area contributed by atoms with Gasteiger partial charge in [-0.15, -0.1) is 0 Å². The van der Waals surface area contributed by atoms with Crippen molar-refractivity contribution < 1.29 is 14.3 Å². The first kappa shape index (κ1) is 17.0. The van der Waals surface area contributed by atoms with Crippen molar-refractivity contribution in [3.05, 3.63) is 70.2 Å². The largest absolute Gasteiger partial charge is 0.452 e. The van der Waals surface area contributed by atoms with Gasteiger partial charge in [0.25, 0.3) is 5.91 Å². The molecule has 0 saturated heterocycles. The Morgan fingerprint density at radius 1 is 1.17 bits per heavy atom. The highest BCUT2D eigenvalue weighted by Gasteiger charge is 2.05. The van der Waals surface area contributed by atoms with Crippen molar-refractivity contribution in [1.29, 1.82) is 0 Å². The molecular weight excluding hydrogens is 358 g/mol. The van der Waals surface area contributed by atoms with Crippen molar-refractivity contribution in [2.24, 2.45) is 0 Å². The van der Waals surface area contributed by atoms with Crippen LogP contribution in [-0.2, 0) is 14.3 Å². The minimum Gasteiger partial charge on any atom is -0.452 e. The van der Waals surface area contributed by atoms with Crippen LogP contribution in [0.5, 0.6) is 0 Å². The standard InChI is InChI=1S/C18H16BrNO3/c1-13-4-2-5-14(10-13)8-9-18(22)23-12-17(21)20-16-7-3-6-15(19)11-16/h2-11H,12H2,1H3,(H,20,21)/b9-8+. The van der Waals surface area contributed by atoms with E-state index in [0.29, 0.717) is 5.69 Å². The average molecular weight is 374 g/mol. The number of hydrogen-bond acceptors (Lipinski definition) is 3. The summed E-state index contributed by atoms with van der Waals surface area (Å²) in [5.74, 6) is -0.948. The van der Waals surface area contributed by atoms with E-state index in [1.165, 1.54) is 6.08 Å². The minimum atomic E-state index is -0.559. The lowest BCUT2D eigenvalue weighted by Gasteiger charge is -2.05. The number of hydrogen-bond donors (Lipinski definition) is 1. The zero-order chi connectivity index (χ0) is 16.7. The van der Waals surface area contributed by atoms with Gasteiger partial charge >= 0.3 is 5.97 Å². The lowest BCUT2D eigenvalue weighted by Crippen LogP contribution is -2.20. The van der Waals surface area contributed by atoms with Crippen LogP contribution in [0.4, 0.5) is 5.69 Å². The molecule has 4 nitrogen and oxygen atoms in total. The predicted molar refractivity (Wildman–Crippen MR) is 93.9 cm³/mol. The predicted octanol–water partition coefficient (Wildman–Crippen LogP) is 3.95. The molecule has 0 fully saturated rings. The number of carbonyl (C=O) groups excluding carboxylic acids is 2. The fourth-order valence-electron chi connectivity index (χ4n) is 1.89. The van der Waals surface area contributed by atoms with E-state index in [-0.39, 0.29) is 12.5 Å². The number of rotatable bonds is 5. The zero-order valence-electron chi connectivity index (χ0n) is 12.6. The number of ether oxygens (including phenoxy) is 1. The molecule has 5 heteroatoms. The summed E-state index contributed by atoms with van der Waals surface area (Å²) in [6, 6.07) is 14.9. The van der Waals surface area contributed by atoms with E-state index in [2.05, 4.69) is 21.2 Å². The molecule has 2 rings (SSSR count). The fraction of sp³-hybridized carbons (Fsp3) is 0.111. The van der Waals surface area contributed by atoms with Gasteiger partial charge in [0.1, 0.15) is 0 Å². The SMILES string of the molecule is Cc1cccc(/C=C/C(=O)OCC(=O)Nc2cccc(Br)c2)c1. The van der Waals surface area contributed by atoms with Gasteiger partial charge in [-0.3, -0.25) is 4.79 Å². The third-order valence-electron chi connectivity index (χ3n) is 2.91. The molecule has 0 radical (unpaired) electrons. The maximum absolute atomic E-state index is 11.7. The van der Waals surface area contributed by atoms with Gasteiger partial charge in [0.2, 0.25) is 0 Å². The molecule has 0 atom stereocenters. The number of aryl methyl sites for hydroxylation is 1. The Kier molecular flexibility index (Phi) is 6.11. The van der Waals surface area contributed by atoms with Crippen LogP contribution in [-0.4, -0.2) is 18.5 Å². The van der Waals surface area contributed by atoms with E-state index in [1.807, 2.05) is 37.3 Å². The Bertz CT molecular complexity index is 741. The maximum Gasteiger partial charge on any atom is 0.331 e. The molecule has 2 aromatic rings. The Morgan fingerprint density at radius 2 is 1.96 bits per heavy atom. The fourth-order valence-corrected chi connectivity index (χ4v) is 2.29. The molecule has 2 aromatic carbocycles. The molecule has 0 saturated carbocycles. The third-order valence-corrected chi connectivity index (χ3v) is 3.40. The van der Waals surface area contributed by atoms with E-state index in [1.54, 1.807) is 24.3 Å². The highest BCUT2D eigenvalue weighted by Crippen LogP contribution is 2.15. The summed E-state index contributed by atoms with van der Waals surface area (Å²) in [4.78, 5) is 23.3. The topological polar surface area (TPSA) is 55.4 Å². The van der Waals surface area contributed by atoms with Crippen LogP contribution in [0.25, 0.3) is 6.08 Å². The molecule has 1 N–H and O–H groups in total. The van der Waals surface area contributed by atoms with Gasteiger partial charge in [-0.1, -0.05) is 51.8 Å². The monoisotopic (exact) mass is 373 g/mol. The number of benzene rings is 2. The van der Waals surface area contributed by atoms with Crippen molar-refractivity contribution in [2.75, 3.05) is 11.9 Å². The molecular formula is C18H16BrNO3. The Morgan fingerprint density at radius 3 is 2.70 bits per heavy atom. The van der Waals surface area contributed by atoms with Gasteiger partial charge in [0, 0.05) is 16.2 Å². The number of nitrogens with one attached hydrogen (secondary N) is 1. The van der Waals surface area contributed by atoms with Crippen molar-refractivity contribution in [3.8, 4) is 0 Å². The molecule has 0 aliphatic rings. The molecule has 0 aliphatic carbocycles. The van der Waals surface area contributed by atoms with Gasteiger partial charge in [0.05, 0.1) is 0 Å². The first-order valence-electron chi connectivity index (χ1n) is 7.00. The van der Waals surface area contributed by atoms with Crippen LogP contribution in [0.2, 0.25) is 0 Å². The zero-order valence-corrected chi connectivity index (χ0v) is 14.2. The number of esters is 1. The Labute approximate surface area is 143 Å². The molecule has 0 spiro atoms. The summed E-state index contributed by atoms with van der Waals surface area (Å²) >= 11 is 3.32. The first-order chi connectivity index (χ1) is 11.0. The second-order valence-corrected chi connectivity index (χ2v) is 5.83. The van der Waals surface area contributed by atoms with E-state index in [4.69, 9.17) is 4.74 Å². The van der Waals surface area contributed by atoms with E-state index in [9.17, 15) is 9.59 Å². The molecule has 23 heavy (non-hydrogen) atoms. The summed E-state index contributed by atoms with van der Waals surface area (Å²) in [6.07, 6.45) is 2.96. The lowest BCUT2D eigenvalue weighted by molar-refractivity contribution is -0.142. The van der Waals surface area contributed by atoms with Crippen LogP contribution in [0.3, 0.4) is 0 Å². The molecule has 0 aliphatic heterocycles. The summed E-state index contributed by atoms with van der Waals surface area (Å²) in [5, 5.41) is 2.65.